The molecule has 0 saturated carbocycles. The highest BCUT2D eigenvalue weighted by Crippen LogP contribution is 2.36. The van der Waals surface area contributed by atoms with Gasteiger partial charge in [0.05, 0.1) is 16.8 Å². The second-order valence-corrected chi connectivity index (χ2v) is 6.31. The fourth-order valence-electron chi connectivity index (χ4n) is 2.08. The Balaban J connectivity index is 2.02. The molecule has 1 aliphatic heterocycles. The Morgan fingerprint density at radius 2 is 1.86 bits per heavy atom. The van der Waals surface area contributed by atoms with E-state index in [4.69, 9.17) is 14.0 Å². The minimum absolute atomic E-state index is 0.346. The molecule has 5 nitrogen and oxygen atoms in total. The van der Waals surface area contributed by atoms with Crippen molar-refractivity contribution in [2.24, 2.45) is 0 Å². The fraction of sp³-hybridized carbons (Fsp3) is 0.667. The number of hydrogen-bond donors (Lipinski definition) is 1. The van der Waals surface area contributed by atoms with Crippen LogP contribution in [0.1, 0.15) is 34.1 Å². The number of aromatic nitrogens is 1. The van der Waals surface area contributed by atoms with Crippen LogP contribution in [0, 0.1) is 0 Å². The maximum absolute atomic E-state index is 6.02. The number of methoxy groups -OCH3 is 1. The lowest BCUT2D eigenvalue weighted by Crippen LogP contribution is -2.41. The lowest BCUT2D eigenvalue weighted by molar-refractivity contribution is 0.00578. The van der Waals surface area contributed by atoms with Gasteiger partial charge in [-0.2, -0.15) is 0 Å². The lowest BCUT2D eigenvalue weighted by Gasteiger charge is -2.32. The van der Waals surface area contributed by atoms with Crippen molar-refractivity contribution in [2.45, 2.75) is 45.3 Å². The van der Waals surface area contributed by atoms with E-state index in [0.717, 1.165) is 31.0 Å². The molecule has 21 heavy (non-hydrogen) atoms. The van der Waals surface area contributed by atoms with Crippen LogP contribution in [0.2, 0.25) is 0 Å². The summed E-state index contributed by atoms with van der Waals surface area (Å²) in [5.41, 5.74) is 0.105. The Labute approximate surface area is 127 Å². The molecule has 2 rings (SSSR count). The summed E-state index contributed by atoms with van der Waals surface area (Å²) < 4.78 is 17.1. The minimum atomic E-state index is -0.421. The fourth-order valence-corrected chi connectivity index (χ4v) is 2.08. The van der Waals surface area contributed by atoms with Gasteiger partial charge in [0, 0.05) is 20.3 Å². The van der Waals surface area contributed by atoms with Gasteiger partial charge in [-0.1, -0.05) is 6.07 Å². The first-order chi connectivity index (χ1) is 9.86. The van der Waals surface area contributed by atoms with Crippen LogP contribution in [-0.4, -0.2) is 43.6 Å². The highest BCUT2D eigenvalue weighted by Gasteiger charge is 2.52. The van der Waals surface area contributed by atoms with Gasteiger partial charge in [0.2, 0.25) is 0 Å². The van der Waals surface area contributed by atoms with E-state index >= 15 is 0 Å². The van der Waals surface area contributed by atoms with Crippen LogP contribution in [0.5, 0.6) is 0 Å². The molecule has 0 amide bonds. The summed E-state index contributed by atoms with van der Waals surface area (Å²) in [5.74, 6) is 0.832. The minimum Gasteiger partial charge on any atom is -0.398 e. The average molecular weight is 292 g/mol. The van der Waals surface area contributed by atoms with E-state index in [-0.39, 0.29) is 11.2 Å². The smallest absolute Gasteiger partial charge is 0.398 e. The molecule has 1 N–H and O–H groups in total. The third kappa shape index (κ3) is 3.76. The number of rotatable bonds is 6. The molecule has 1 aromatic rings. The molecule has 0 aromatic carbocycles. The third-order valence-corrected chi connectivity index (χ3v) is 4.10. The van der Waals surface area contributed by atoms with Crippen LogP contribution >= 0.6 is 0 Å². The highest BCUT2D eigenvalue weighted by molar-refractivity contribution is 6.61. The van der Waals surface area contributed by atoms with Crippen LogP contribution in [0.3, 0.4) is 0 Å². The van der Waals surface area contributed by atoms with Gasteiger partial charge in [0.15, 0.2) is 0 Å². The van der Waals surface area contributed by atoms with E-state index in [0.29, 0.717) is 0 Å². The van der Waals surface area contributed by atoms with Crippen LogP contribution in [0.15, 0.2) is 18.2 Å². The van der Waals surface area contributed by atoms with Gasteiger partial charge in [0.1, 0.15) is 5.82 Å². The van der Waals surface area contributed by atoms with E-state index in [2.05, 4.69) is 10.3 Å². The number of nitrogens with zero attached hydrogens (tertiary/aromatic N) is 1. The summed E-state index contributed by atoms with van der Waals surface area (Å²) in [5, 5.41) is 3.28. The van der Waals surface area contributed by atoms with E-state index in [9.17, 15) is 0 Å². The third-order valence-electron chi connectivity index (χ3n) is 4.10. The van der Waals surface area contributed by atoms with Crippen molar-refractivity contribution in [2.75, 3.05) is 25.6 Å². The number of pyridine rings is 1. The van der Waals surface area contributed by atoms with Crippen LogP contribution in [-0.2, 0) is 14.0 Å². The number of anilines is 1. The van der Waals surface area contributed by atoms with Crippen molar-refractivity contribution in [3.8, 4) is 0 Å². The molecule has 0 atom stereocenters. The van der Waals surface area contributed by atoms with Crippen molar-refractivity contribution in [3.05, 3.63) is 18.2 Å². The highest BCUT2D eigenvalue weighted by atomic mass is 16.7. The normalized spacial score (nSPS) is 19.8. The number of ether oxygens (including phenoxy) is 1. The summed E-state index contributed by atoms with van der Waals surface area (Å²) in [6, 6.07) is 5.84. The van der Waals surface area contributed by atoms with Gasteiger partial charge < -0.3 is 19.4 Å². The Hall–Kier alpha value is -1.11. The molecule has 1 saturated heterocycles. The maximum atomic E-state index is 6.02. The van der Waals surface area contributed by atoms with Crippen molar-refractivity contribution >= 4 is 18.5 Å². The van der Waals surface area contributed by atoms with Gasteiger partial charge in [-0.3, -0.25) is 0 Å². The van der Waals surface area contributed by atoms with Crippen LogP contribution in [0.4, 0.5) is 5.82 Å². The lowest BCUT2D eigenvalue weighted by atomic mass is 9.84. The standard InChI is InChI=1S/C15H25BN2O3/c1-14(2)15(3,4)21-16(20-14)12-8-6-9-13(18-12)17-10-7-11-19-5/h6,8-9H,7,10-11H2,1-5H3,(H,17,18). The molecule has 1 aromatic heterocycles. The van der Waals surface area contributed by atoms with Crippen molar-refractivity contribution in [1.29, 1.82) is 0 Å². The summed E-state index contributed by atoms with van der Waals surface area (Å²) in [6.07, 6.45) is 0.943. The molecule has 1 aliphatic rings. The van der Waals surface area contributed by atoms with Crippen molar-refractivity contribution in [3.63, 3.8) is 0 Å². The maximum Gasteiger partial charge on any atom is 0.514 e. The van der Waals surface area contributed by atoms with E-state index < -0.39 is 7.12 Å². The van der Waals surface area contributed by atoms with Gasteiger partial charge >= 0.3 is 7.12 Å². The zero-order valence-electron chi connectivity index (χ0n) is 13.6. The zero-order chi connectivity index (χ0) is 15.5. The first kappa shape index (κ1) is 16.3. The molecule has 6 heteroatoms. The molecular weight excluding hydrogens is 267 g/mol. The summed E-state index contributed by atoms with van der Waals surface area (Å²) in [6.45, 7) is 9.73. The second-order valence-electron chi connectivity index (χ2n) is 6.31. The average Bonchev–Trinajstić information content (AvgIpc) is 2.64. The Bertz CT molecular complexity index is 464. The van der Waals surface area contributed by atoms with Crippen molar-refractivity contribution < 1.29 is 14.0 Å². The summed E-state index contributed by atoms with van der Waals surface area (Å²) in [7, 11) is 1.28. The first-order valence-corrected chi connectivity index (χ1v) is 7.41. The molecule has 0 unspecified atom stereocenters. The van der Waals surface area contributed by atoms with Crippen LogP contribution in [0.25, 0.3) is 0 Å². The van der Waals surface area contributed by atoms with Gasteiger partial charge in [-0.15, -0.1) is 0 Å². The predicted octanol–water partition coefficient (Wildman–Crippen LogP) is 1.83. The monoisotopic (exact) mass is 292 g/mol. The first-order valence-electron chi connectivity index (χ1n) is 7.41. The molecule has 116 valence electrons. The molecule has 2 heterocycles. The number of nitrogens with one attached hydrogen (secondary N) is 1. The van der Waals surface area contributed by atoms with E-state index in [1.807, 2.05) is 45.9 Å². The largest absolute Gasteiger partial charge is 0.514 e. The van der Waals surface area contributed by atoms with Crippen molar-refractivity contribution in [1.82, 2.24) is 4.98 Å². The zero-order valence-corrected chi connectivity index (χ0v) is 13.6. The van der Waals surface area contributed by atoms with Gasteiger partial charge in [-0.25, -0.2) is 4.98 Å². The topological polar surface area (TPSA) is 52.6 Å². The Kier molecular flexibility index (Phi) is 4.91. The summed E-state index contributed by atoms with van der Waals surface area (Å²) in [4.78, 5) is 4.58. The predicted molar refractivity (Wildman–Crippen MR) is 84.9 cm³/mol. The molecular formula is C15H25BN2O3. The number of hydrogen-bond acceptors (Lipinski definition) is 5. The molecule has 0 radical (unpaired) electrons. The SMILES string of the molecule is COCCCNc1cccc(B2OC(C)(C)C(C)(C)O2)n1. The Morgan fingerprint density at radius 1 is 1.19 bits per heavy atom. The van der Waals surface area contributed by atoms with Crippen LogP contribution < -0.4 is 10.9 Å². The molecule has 0 aliphatic carbocycles. The Morgan fingerprint density at radius 3 is 2.48 bits per heavy atom. The van der Waals surface area contributed by atoms with Gasteiger partial charge in [0.25, 0.3) is 0 Å². The van der Waals surface area contributed by atoms with E-state index in [1.165, 1.54) is 0 Å². The molecule has 1 fully saturated rings. The van der Waals surface area contributed by atoms with E-state index in [1.54, 1.807) is 7.11 Å². The second kappa shape index (κ2) is 6.34. The quantitative estimate of drug-likeness (QED) is 0.640. The van der Waals surface area contributed by atoms with Gasteiger partial charge in [-0.05, 0) is 46.2 Å². The molecule has 0 spiro atoms. The molecule has 0 bridgehead atoms. The summed E-state index contributed by atoms with van der Waals surface area (Å²) >= 11 is 0.